The molecular weight excluding hydrogens is 553 g/mol. The molecule has 204 valence electrons. The summed E-state index contributed by atoms with van der Waals surface area (Å²) < 4.78 is 13.2. The minimum absolute atomic E-state index is 0.158. The van der Waals surface area contributed by atoms with Crippen molar-refractivity contribution >= 4 is 63.5 Å². The molecule has 3 aromatic carbocycles. The molecule has 8 nitrogen and oxygen atoms in total. The lowest BCUT2D eigenvalue weighted by atomic mass is 10.1. The molecule has 0 aromatic heterocycles. The maximum absolute atomic E-state index is 13.6. The lowest BCUT2D eigenvalue weighted by molar-refractivity contribution is -0.128. The van der Waals surface area contributed by atoms with Crippen LogP contribution < -0.4 is 10.6 Å². The van der Waals surface area contributed by atoms with Crippen LogP contribution in [-0.2, 0) is 20.9 Å². The summed E-state index contributed by atoms with van der Waals surface area (Å²) in [5.41, 5.74) is 2.64. The normalized spacial score (nSPS) is 16.4. The number of para-hydroxylation sites is 1. The first-order valence-corrected chi connectivity index (χ1v) is 13.9. The second kappa shape index (κ2) is 12.0. The number of benzene rings is 3. The Balaban J connectivity index is 1.32. The molecular formula is C29H25ClFN5O3S. The van der Waals surface area contributed by atoms with E-state index in [1.165, 1.54) is 28.8 Å². The second-order valence-electron chi connectivity index (χ2n) is 9.17. The summed E-state index contributed by atoms with van der Waals surface area (Å²) in [6.07, 6.45) is 0.322. The van der Waals surface area contributed by atoms with Crippen LogP contribution in [0.3, 0.4) is 0 Å². The molecule has 2 atom stereocenters. The molecule has 0 unspecified atom stereocenters. The van der Waals surface area contributed by atoms with E-state index in [4.69, 9.17) is 16.6 Å². The summed E-state index contributed by atoms with van der Waals surface area (Å²) in [5, 5.41) is 5.99. The van der Waals surface area contributed by atoms with Crippen molar-refractivity contribution in [3.8, 4) is 0 Å². The Bertz CT molecular complexity index is 1510. The van der Waals surface area contributed by atoms with Gasteiger partial charge in [0.2, 0.25) is 11.8 Å². The number of hydrogen-bond acceptors (Lipinski definition) is 6. The minimum atomic E-state index is -0.942. The van der Waals surface area contributed by atoms with Crippen LogP contribution in [0.2, 0.25) is 5.02 Å². The zero-order valence-electron chi connectivity index (χ0n) is 21.4. The Morgan fingerprint density at radius 2 is 1.80 bits per heavy atom. The number of carbonyl (C=O) groups excluding carboxylic acids is 3. The maximum Gasteiger partial charge on any atom is 0.259 e. The van der Waals surface area contributed by atoms with Crippen molar-refractivity contribution in [3.05, 3.63) is 94.8 Å². The first kappa shape index (κ1) is 27.5. The van der Waals surface area contributed by atoms with E-state index in [9.17, 15) is 18.8 Å². The largest absolute Gasteiger partial charge is 0.352 e. The molecule has 2 aliphatic rings. The topological polar surface area (TPSA) is 103 Å². The number of halogens is 2. The number of amides is 3. The Morgan fingerprint density at radius 1 is 1.07 bits per heavy atom. The van der Waals surface area contributed by atoms with Gasteiger partial charge in [0.25, 0.3) is 5.91 Å². The molecule has 3 amide bonds. The van der Waals surface area contributed by atoms with Gasteiger partial charge in [0.1, 0.15) is 17.7 Å². The van der Waals surface area contributed by atoms with Crippen LogP contribution in [0.1, 0.15) is 30.9 Å². The van der Waals surface area contributed by atoms with Gasteiger partial charge in [-0.15, -0.1) is 0 Å². The Hall–Kier alpha value is -4.02. The fraction of sp³-hybridized carbons (Fsp3) is 0.207. The van der Waals surface area contributed by atoms with Crippen molar-refractivity contribution in [2.45, 2.75) is 37.6 Å². The number of nitrogens with zero attached hydrogens (tertiary/aromatic N) is 3. The van der Waals surface area contributed by atoms with E-state index in [1.54, 1.807) is 36.4 Å². The highest BCUT2D eigenvalue weighted by Crippen LogP contribution is 2.36. The van der Waals surface area contributed by atoms with E-state index in [2.05, 4.69) is 15.6 Å². The third-order valence-corrected chi connectivity index (χ3v) is 7.92. The van der Waals surface area contributed by atoms with Gasteiger partial charge in [0, 0.05) is 22.8 Å². The standard InChI is InChI=1S/C29H25ClFN5O3S/c1-2-24(27(38)33-20-13-9-18(30)10-14-20)40-29-35-22-6-4-3-5-21(22)26-34-23(28(39)36(26)29)15-25(37)32-16-17-7-11-19(31)12-8-17/h3-14,23-24H,2,15-16H2,1H3,(H,32,37)(H,33,38)/t23-,24+/m0/s1. The average Bonchev–Trinajstić information content (AvgIpc) is 3.28. The van der Waals surface area contributed by atoms with Crippen LogP contribution >= 0.6 is 23.4 Å². The summed E-state index contributed by atoms with van der Waals surface area (Å²) >= 11 is 7.12. The summed E-state index contributed by atoms with van der Waals surface area (Å²) in [6, 6.07) is 19.0. The van der Waals surface area contributed by atoms with E-state index < -0.39 is 11.3 Å². The van der Waals surface area contributed by atoms with Gasteiger partial charge in [-0.2, -0.15) is 0 Å². The Labute approximate surface area is 239 Å². The molecule has 0 radical (unpaired) electrons. The van der Waals surface area contributed by atoms with Crippen molar-refractivity contribution in [1.82, 2.24) is 10.2 Å². The van der Waals surface area contributed by atoms with Crippen molar-refractivity contribution in [1.29, 1.82) is 0 Å². The fourth-order valence-corrected chi connectivity index (χ4v) is 5.42. The van der Waals surface area contributed by atoms with Crippen LogP contribution in [0, 0.1) is 5.82 Å². The minimum Gasteiger partial charge on any atom is -0.352 e. The molecule has 0 saturated carbocycles. The summed E-state index contributed by atoms with van der Waals surface area (Å²) in [4.78, 5) is 50.1. The number of hydrogen-bond donors (Lipinski definition) is 2. The van der Waals surface area contributed by atoms with Crippen LogP contribution in [0.25, 0.3) is 0 Å². The monoisotopic (exact) mass is 577 g/mol. The van der Waals surface area contributed by atoms with Crippen molar-refractivity contribution in [2.75, 3.05) is 5.32 Å². The quantitative estimate of drug-likeness (QED) is 0.379. The van der Waals surface area contributed by atoms with Gasteiger partial charge >= 0.3 is 0 Å². The molecule has 0 saturated heterocycles. The SMILES string of the molecule is CC[C@@H](SC1=Nc2ccccc2C2=N[C@@H](CC(=O)NCc3ccc(F)cc3)C(=O)N12)C(=O)Nc1ccc(Cl)cc1. The van der Waals surface area contributed by atoms with Crippen LogP contribution in [0.4, 0.5) is 15.8 Å². The number of amidine groups is 2. The zero-order chi connectivity index (χ0) is 28.2. The number of thioether (sulfide) groups is 1. The van der Waals surface area contributed by atoms with E-state index >= 15 is 0 Å². The first-order chi connectivity index (χ1) is 19.3. The number of anilines is 1. The highest BCUT2D eigenvalue weighted by molar-refractivity contribution is 8.15. The van der Waals surface area contributed by atoms with E-state index in [1.807, 2.05) is 31.2 Å². The van der Waals surface area contributed by atoms with E-state index in [0.29, 0.717) is 39.4 Å². The van der Waals surface area contributed by atoms with Gasteiger partial charge in [-0.3, -0.25) is 19.4 Å². The number of nitrogens with one attached hydrogen (secondary N) is 2. The van der Waals surface area contributed by atoms with Crippen LogP contribution in [0.15, 0.2) is 82.8 Å². The Morgan fingerprint density at radius 3 is 2.52 bits per heavy atom. The van der Waals surface area contributed by atoms with Gasteiger partial charge in [0.15, 0.2) is 5.17 Å². The molecule has 40 heavy (non-hydrogen) atoms. The number of fused-ring (bicyclic) bond motifs is 3. The van der Waals surface area contributed by atoms with Gasteiger partial charge in [-0.25, -0.2) is 14.3 Å². The second-order valence-corrected chi connectivity index (χ2v) is 10.8. The molecule has 2 N–H and O–H groups in total. The Kier molecular flexibility index (Phi) is 8.27. The number of carbonyl (C=O) groups is 3. The molecule has 0 fully saturated rings. The summed E-state index contributed by atoms with van der Waals surface area (Å²) in [7, 11) is 0. The van der Waals surface area contributed by atoms with Gasteiger partial charge in [-0.05, 0) is 60.5 Å². The lowest BCUT2D eigenvalue weighted by Gasteiger charge is -2.27. The third-order valence-electron chi connectivity index (χ3n) is 6.35. The molecule has 0 bridgehead atoms. The fourth-order valence-electron chi connectivity index (χ4n) is 4.27. The lowest BCUT2D eigenvalue weighted by Crippen LogP contribution is -2.43. The molecule has 0 aliphatic carbocycles. The smallest absolute Gasteiger partial charge is 0.259 e. The van der Waals surface area contributed by atoms with Gasteiger partial charge < -0.3 is 10.6 Å². The zero-order valence-corrected chi connectivity index (χ0v) is 23.0. The molecule has 3 aromatic rings. The molecule has 2 aliphatic heterocycles. The van der Waals surface area contributed by atoms with Crippen LogP contribution in [0.5, 0.6) is 0 Å². The number of rotatable bonds is 8. The first-order valence-electron chi connectivity index (χ1n) is 12.7. The molecule has 0 spiro atoms. The predicted molar refractivity (Wildman–Crippen MR) is 155 cm³/mol. The van der Waals surface area contributed by atoms with Crippen molar-refractivity contribution in [2.24, 2.45) is 9.98 Å². The average molecular weight is 578 g/mol. The number of aliphatic imine (C=N–C) groups is 2. The van der Waals surface area contributed by atoms with Crippen molar-refractivity contribution < 1.29 is 18.8 Å². The highest BCUT2D eigenvalue weighted by atomic mass is 35.5. The van der Waals surface area contributed by atoms with E-state index in [0.717, 1.165) is 5.56 Å². The van der Waals surface area contributed by atoms with E-state index in [-0.39, 0.29) is 36.5 Å². The van der Waals surface area contributed by atoms with Gasteiger partial charge in [-0.1, -0.05) is 54.6 Å². The molecule has 2 heterocycles. The summed E-state index contributed by atoms with van der Waals surface area (Å²) in [5.74, 6) is -0.941. The molecule has 5 rings (SSSR count). The summed E-state index contributed by atoms with van der Waals surface area (Å²) in [6.45, 7) is 2.08. The van der Waals surface area contributed by atoms with Crippen molar-refractivity contribution in [3.63, 3.8) is 0 Å². The third kappa shape index (κ3) is 6.08. The van der Waals surface area contributed by atoms with Crippen LogP contribution in [-0.4, -0.2) is 44.9 Å². The predicted octanol–water partition coefficient (Wildman–Crippen LogP) is 5.29. The maximum atomic E-state index is 13.6. The molecule has 11 heteroatoms. The van der Waals surface area contributed by atoms with Gasteiger partial charge in [0.05, 0.1) is 17.4 Å². The highest BCUT2D eigenvalue weighted by Gasteiger charge is 2.43.